The summed E-state index contributed by atoms with van der Waals surface area (Å²) in [7, 11) is 0. The summed E-state index contributed by atoms with van der Waals surface area (Å²) in [4.78, 5) is 0. The zero-order chi connectivity index (χ0) is 6.57. The van der Waals surface area contributed by atoms with Gasteiger partial charge in [-0.05, 0) is 6.92 Å². The molecule has 0 aliphatic rings. The van der Waals surface area contributed by atoms with Crippen LogP contribution in [0.4, 0.5) is 4.39 Å². The van der Waals surface area contributed by atoms with Gasteiger partial charge in [0.05, 0.1) is 6.17 Å². The van der Waals surface area contributed by atoms with Crippen molar-refractivity contribution in [1.29, 1.82) is 0 Å². The predicted molar refractivity (Wildman–Crippen MR) is 30.7 cm³/mol. The van der Waals surface area contributed by atoms with Crippen molar-refractivity contribution >= 4 is 0 Å². The Morgan fingerprint density at radius 3 is 2.38 bits per heavy atom. The van der Waals surface area contributed by atoms with Crippen molar-refractivity contribution in [3.8, 4) is 0 Å². The van der Waals surface area contributed by atoms with Crippen LogP contribution in [0.15, 0.2) is 0 Å². The summed E-state index contributed by atoms with van der Waals surface area (Å²) < 4.78 is 12.0. The number of nitrogens with two attached hydrogens (primary N) is 2. The van der Waals surface area contributed by atoms with Gasteiger partial charge in [0.25, 0.3) is 0 Å². The molecule has 3 nitrogen and oxygen atoms in total. The average molecular weight is 121 g/mol. The van der Waals surface area contributed by atoms with Crippen molar-refractivity contribution in [3.63, 3.8) is 0 Å². The Hall–Kier alpha value is -0.190. The van der Waals surface area contributed by atoms with Crippen molar-refractivity contribution in [1.82, 2.24) is 5.32 Å². The minimum atomic E-state index is -1.04. The van der Waals surface area contributed by atoms with Crippen molar-refractivity contribution in [2.45, 2.75) is 19.3 Å². The molecular weight excluding hydrogens is 109 g/mol. The minimum absolute atomic E-state index is 0.218. The first kappa shape index (κ1) is 7.81. The first-order valence-electron chi connectivity index (χ1n) is 2.51. The summed E-state index contributed by atoms with van der Waals surface area (Å²) >= 11 is 0. The van der Waals surface area contributed by atoms with Crippen LogP contribution in [0, 0.1) is 0 Å². The molecule has 4 heteroatoms. The van der Waals surface area contributed by atoms with E-state index < -0.39 is 12.3 Å². The van der Waals surface area contributed by atoms with Crippen molar-refractivity contribution in [2.75, 3.05) is 6.67 Å². The van der Waals surface area contributed by atoms with Crippen molar-refractivity contribution < 1.29 is 4.39 Å². The van der Waals surface area contributed by atoms with E-state index in [9.17, 15) is 4.39 Å². The Balaban J connectivity index is 3.17. The molecule has 0 aliphatic heterocycles. The minimum Gasteiger partial charge on any atom is -0.318 e. The maximum Gasteiger partial charge on any atom is 0.125 e. The lowest BCUT2D eigenvalue weighted by atomic mass is 10.3. The number of halogens is 1. The van der Waals surface area contributed by atoms with E-state index in [0.717, 1.165) is 0 Å². The van der Waals surface area contributed by atoms with Gasteiger partial charge in [-0.3, -0.25) is 5.32 Å². The van der Waals surface area contributed by atoms with Gasteiger partial charge in [0.15, 0.2) is 0 Å². The van der Waals surface area contributed by atoms with Gasteiger partial charge in [-0.2, -0.15) is 0 Å². The maximum atomic E-state index is 12.0. The lowest BCUT2D eigenvalue weighted by Gasteiger charge is -2.11. The molecule has 0 rings (SSSR count). The molecule has 0 radical (unpaired) electrons. The SMILES string of the molecule is CC(F)[C@H](N)NCN. The van der Waals surface area contributed by atoms with Crippen LogP contribution in [0.25, 0.3) is 0 Å². The first-order chi connectivity index (χ1) is 3.68. The van der Waals surface area contributed by atoms with E-state index in [-0.39, 0.29) is 6.67 Å². The van der Waals surface area contributed by atoms with Crippen LogP contribution < -0.4 is 16.8 Å². The Labute approximate surface area is 48.2 Å². The van der Waals surface area contributed by atoms with Gasteiger partial charge in [0.1, 0.15) is 6.17 Å². The van der Waals surface area contributed by atoms with Crippen LogP contribution >= 0.6 is 0 Å². The van der Waals surface area contributed by atoms with E-state index in [1.54, 1.807) is 0 Å². The van der Waals surface area contributed by atoms with Crippen molar-refractivity contribution in [2.24, 2.45) is 11.5 Å². The fourth-order valence-electron chi connectivity index (χ4n) is 0.298. The molecule has 8 heavy (non-hydrogen) atoms. The quantitative estimate of drug-likeness (QED) is 0.425. The van der Waals surface area contributed by atoms with Gasteiger partial charge < -0.3 is 11.5 Å². The highest BCUT2D eigenvalue weighted by Crippen LogP contribution is 1.88. The highest BCUT2D eigenvalue weighted by Gasteiger charge is 2.07. The summed E-state index contributed by atoms with van der Waals surface area (Å²) in [6, 6.07) is 0. The summed E-state index contributed by atoms with van der Waals surface area (Å²) in [5.74, 6) is 0. The molecule has 0 aromatic rings. The first-order valence-corrected chi connectivity index (χ1v) is 2.51. The molecule has 0 aliphatic carbocycles. The Morgan fingerprint density at radius 2 is 2.25 bits per heavy atom. The maximum absolute atomic E-state index is 12.0. The molecular formula is C4H12FN3. The number of rotatable bonds is 3. The molecule has 0 saturated carbocycles. The molecule has 0 fully saturated rings. The second-order valence-corrected chi connectivity index (χ2v) is 1.61. The fourth-order valence-corrected chi connectivity index (χ4v) is 0.298. The monoisotopic (exact) mass is 121 g/mol. The molecule has 0 bridgehead atoms. The van der Waals surface area contributed by atoms with Crippen LogP contribution in [-0.4, -0.2) is 19.0 Å². The second kappa shape index (κ2) is 3.77. The van der Waals surface area contributed by atoms with Crippen LogP contribution in [-0.2, 0) is 0 Å². The highest BCUT2D eigenvalue weighted by molar-refractivity contribution is 4.62. The molecule has 2 atom stereocenters. The Morgan fingerprint density at radius 1 is 1.75 bits per heavy atom. The molecule has 1 unspecified atom stereocenters. The summed E-state index contributed by atoms with van der Waals surface area (Å²) in [6.07, 6.45) is -1.67. The smallest absolute Gasteiger partial charge is 0.125 e. The normalized spacial score (nSPS) is 18.0. The Kier molecular flexibility index (Phi) is 3.68. The molecule has 0 spiro atoms. The van der Waals surface area contributed by atoms with Gasteiger partial charge in [-0.1, -0.05) is 0 Å². The zero-order valence-corrected chi connectivity index (χ0v) is 4.89. The molecule has 0 aromatic carbocycles. The second-order valence-electron chi connectivity index (χ2n) is 1.61. The number of hydrogen-bond acceptors (Lipinski definition) is 3. The number of nitrogens with one attached hydrogen (secondary N) is 1. The van der Waals surface area contributed by atoms with Crippen LogP contribution in [0.1, 0.15) is 6.92 Å². The van der Waals surface area contributed by atoms with Crippen LogP contribution in [0.5, 0.6) is 0 Å². The van der Waals surface area contributed by atoms with Crippen molar-refractivity contribution in [3.05, 3.63) is 0 Å². The van der Waals surface area contributed by atoms with E-state index in [4.69, 9.17) is 11.5 Å². The van der Waals surface area contributed by atoms with E-state index in [1.807, 2.05) is 0 Å². The third kappa shape index (κ3) is 2.90. The largest absolute Gasteiger partial charge is 0.318 e. The molecule has 0 amide bonds. The number of hydrogen-bond donors (Lipinski definition) is 3. The summed E-state index contributed by atoms with van der Waals surface area (Å²) in [6.45, 7) is 1.60. The highest BCUT2D eigenvalue weighted by atomic mass is 19.1. The molecule has 0 aromatic heterocycles. The average Bonchev–Trinajstić information content (AvgIpc) is 1.67. The van der Waals surface area contributed by atoms with Gasteiger partial charge in [-0.25, -0.2) is 4.39 Å². The van der Waals surface area contributed by atoms with E-state index in [0.29, 0.717) is 0 Å². The topological polar surface area (TPSA) is 64.1 Å². The molecule has 0 heterocycles. The van der Waals surface area contributed by atoms with Gasteiger partial charge in [0, 0.05) is 6.67 Å². The molecule has 5 N–H and O–H groups in total. The third-order valence-electron chi connectivity index (χ3n) is 0.848. The summed E-state index contributed by atoms with van der Waals surface area (Å²) in [5, 5.41) is 2.53. The summed E-state index contributed by atoms with van der Waals surface area (Å²) in [5.41, 5.74) is 10.2. The van der Waals surface area contributed by atoms with Gasteiger partial charge in [-0.15, -0.1) is 0 Å². The van der Waals surface area contributed by atoms with E-state index in [2.05, 4.69) is 5.32 Å². The third-order valence-corrected chi connectivity index (χ3v) is 0.848. The van der Waals surface area contributed by atoms with E-state index in [1.165, 1.54) is 6.92 Å². The van der Waals surface area contributed by atoms with Crippen LogP contribution in [0.3, 0.4) is 0 Å². The number of alkyl halides is 1. The molecule has 0 saturated heterocycles. The lowest BCUT2D eigenvalue weighted by molar-refractivity contribution is 0.275. The van der Waals surface area contributed by atoms with E-state index >= 15 is 0 Å². The predicted octanol–water partition coefficient (Wildman–Crippen LogP) is -0.865. The fraction of sp³-hybridized carbons (Fsp3) is 1.00. The lowest BCUT2D eigenvalue weighted by Crippen LogP contribution is -2.46. The Bertz CT molecular complexity index is 57.2. The standard InChI is InChI=1S/C4H12FN3/c1-3(5)4(7)8-2-6/h3-4,8H,2,6-7H2,1H3/t3?,4-/m1/s1. The van der Waals surface area contributed by atoms with Crippen LogP contribution in [0.2, 0.25) is 0 Å². The van der Waals surface area contributed by atoms with Gasteiger partial charge in [0.2, 0.25) is 0 Å². The molecule has 50 valence electrons. The van der Waals surface area contributed by atoms with Gasteiger partial charge >= 0.3 is 0 Å². The zero-order valence-electron chi connectivity index (χ0n) is 4.89.